The van der Waals surface area contributed by atoms with E-state index < -0.39 is 5.41 Å². The van der Waals surface area contributed by atoms with Crippen LogP contribution in [-0.4, -0.2) is 55.2 Å². The maximum Gasteiger partial charge on any atom is 0.311 e. The minimum Gasteiger partial charge on any atom is -0.469 e. The Hall–Kier alpha value is -3.71. The highest BCUT2D eigenvalue weighted by Crippen LogP contribution is 2.76. The van der Waals surface area contributed by atoms with Gasteiger partial charge in [-0.3, -0.25) is 9.59 Å². The summed E-state index contributed by atoms with van der Waals surface area (Å²) in [6, 6.07) is 9.84. The molecule has 7 heteroatoms. The molecule has 1 amide bonds. The average molecular weight is 663 g/mol. The Morgan fingerprint density at radius 3 is 2.41 bits per heavy atom. The quantitative estimate of drug-likeness (QED) is 0.261. The van der Waals surface area contributed by atoms with Crippen molar-refractivity contribution < 1.29 is 23.5 Å². The summed E-state index contributed by atoms with van der Waals surface area (Å²) >= 11 is 0. The van der Waals surface area contributed by atoms with Crippen molar-refractivity contribution >= 4 is 34.6 Å². The first-order valence-electron chi connectivity index (χ1n) is 18.2. The van der Waals surface area contributed by atoms with Gasteiger partial charge in [0.1, 0.15) is 5.52 Å². The number of amides is 1. The number of esters is 1. The summed E-state index contributed by atoms with van der Waals surface area (Å²) in [6.07, 6.45) is 13.5. The molecule has 0 radical (unpaired) electrons. The summed E-state index contributed by atoms with van der Waals surface area (Å²) < 4.78 is 17.2. The number of benzene rings is 2. The van der Waals surface area contributed by atoms with Gasteiger partial charge in [-0.25, -0.2) is 4.98 Å². The topological polar surface area (TPSA) is 81.9 Å². The van der Waals surface area contributed by atoms with Gasteiger partial charge in [0.25, 0.3) is 5.91 Å². The predicted octanol–water partition coefficient (Wildman–Crippen LogP) is 8.89. The number of hydrogen-bond acceptors (Lipinski definition) is 6. The maximum atomic E-state index is 13.1. The van der Waals surface area contributed by atoms with E-state index in [-0.39, 0.29) is 33.5 Å². The molecule has 0 bridgehead atoms. The molecule has 2 saturated carbocycles. The lowest BCUT2D eigenvalue weighted by Gasteiger charge is -2.70. The summed E-state index contributed by atoms with van der Waals surface area (Å²) in [4.78, 5) is 33.0. The third-order valence-corrected chi connectivity index (χ3v) is 14.6. The van der Waals surface area contributed by atoms with Gasteiger partial charge < -0.3 is 18.8 Å². The number of aryl methyl sites for hydroxylation is 1. The van der Waals surface area contributed by atoms with Crippen LogP contribution < -0.4 is 0 Å². The highest BCUT2D eigenvalue weighted by atomic mass is 16.5. The van der Waals surface area contributed by atoms with Crippen LogP contribution in [0.25, 0.3) is 34.2 Å². The predicted molar refractivity (Wildman–Crippen MR) is 192 cm³/mol. The fraction of sp³-hybridized carbons (Fsp3) is 0.548. The first-order valence-corrected chi connectivity index (χ1v) is 18.2. The molecular weight excluding hydrogens is 612 g/mol. The Bertz CT molecular complexity index is 1930. The molecule has 3 fully saturated rings. The standard InChI is InChI=1S/C42H50N2O5/c1-26-29-12-14-40(4)31(13-15-41(5)33-25-39(3,37(46)47-7)17-16-38(33,2)18-19-42(40,41)6)30(29)24-32-34(26)49-35(43-32)27-8-10-28(11-9-27)36(45)44-20-22-48-23-21-44/h8-14,24,33H,15-23,25H2,1-7H3/t33-,38+,39+,40+,41-,42+/m0/s1. The van der Waals surface area contributed by atoms with Crippen LogP contribution in [0.15, 0.2) is 46.9 Å². The van der Waals surface area contributed by atoms with Crippen molar-refractivity contribution in [1.29, 1.82) is 0 Å². The number of allylic oxidation sites excluding steroid dienone is 3. The van der Waals surface area contributed by atoms with Crippen LogP contribution in [-0.2, 0) is 14.3 Å². The Morgan fingerprint density at radius 1 is 0.980 bits per heavy atom. The van der Waals surface area contributed by atoms with Gasteiger partial charge in [0.05, 0.1) is 25.7 Å². The second kappa shape index (κ2) is 10.9. The van der Waals surface area contributed by atoms with Crippen molar-refractivity contribution in [1.82, 2.24) is 9.88 Å². The van der Waals surface area contributed by atoms with E-state index in [0.29, 0.717) is 43.7 Å². The lowest BCUT2D eigenvalue weighted by molar-refractivity contribution is -0.190. The van der Waals surface area contributed by atoms with E-state index in [1.54, 1.807) is 0 Å². The van der Waals surface area contributed by atoms with Crippen molar-refractivity contribution in [3.8, 4) is 11.5 Å². The summed E-state index contributed by atoms with van der Waals surface area (Å²) in [6.45, 7) is 16.7. The molecule has 0 spiro atoms. The molecule has 258 valence electrons. The lowest BCUT2D eigenvalue weighted by atomic mass is 9.33. The van der Waals surface area contributed by atoms with Crippen molar-refractivity contribution in [2.24, 2.45) is 33.0 Å². The fourth-order valence-electron chi connectivity index (χ4n) is 10.9. The number of ether oxygens (including phenoxy) is 2. The lowest BCUT2D eigenvalue weighted by Crippen LogP contribution is -2.63. The molecule has 3 aromatic rings. The third-order valence-electron chi connectivity index (χ3n) is 14.6. The highest BCUT2D eigenvalue weighted by molar-refractivity contribution is 5.96. The second-order valence-corrected chi connectivity index (χ2v) is 16.9. The van der Waals surface area contributed by atoms with Crippen molar-refractivity contribution in [2.45, 2.75) is 80.1 Å². The Kier molecular flexibility index (Phi) is 7.22. The minimum atomic E-state index is -0.438. The van der Waals surface area contributed by atoms with E-state index in [0.717, 1.165) is 54.3 Å². The third kappa shape index (κ3) is 4.46. The molecule has 7 nitrogen and oxygen atoms in total. The van der Waals surface area contributed by atoms with Gasteiger partial charge in [0, 0.05) is 35.2 Å². The number of hydrogen-bond donors (Lipinski definition) is 0. The molecular formula is C42H50N2O5. The second-order valence-electron chi connectivity index (χ2n) is 16.9. The molecule has 2 heterocycles. The van der Waals surface area contributed by atoms with Gasteiger partial charge in [0.2, 0.25) is 5.89 Å². The molecule has 1 aromatic heterocycles. The molecule has 0 N–H and O–H groups in total. The molecule has 8 rings (SSSR count). The van der Waals surface area contributed by atoms with Crippen LogP contribution in [0.1, 0.15) is 100 Å². The van der Waals surface area contributed by atoms with Crippen LogP contribution in [0.3, 0.4) is 0 Å². The number of aromatic nitrogens is 1. The van der Waals surface area contributed by atoms with Gasteiger partial charge >= 0.3 is 5.97 Å². The van der Waals surface area contributed by atoms with E-state index >= 15 is 0 Å². The molecule has 49 heavy (non-hydrogen) atoms. The molecule has 6 atom stereocenters. The number of carbonyl (C=O) groups is 2. The van der Waals surface area contributed by atoms with Crippen LogP contribution in [0.5, 0.6) is 0 Å². The summed E-state index contributed by atoms with van der Waals surface area (Å²) in [5.41, 5.74) is 7.73. The van der Waals surface area contributed by atoms with E-state index in [1.807, 2.05) is 29.2 Å². The number of carbonyl (C=O) groups excluding carboxylic acids is 2. The van der Waals surface area contributed by atoms with Crippen molar-refractivity contribution in [3.05, 3.63) is 64.7 Å². The first kappa shape index (κ1) is 32.5. The molecule has 0 unspecified atom stereocenters. The van der Waals surface area contributed by atoms with Crippen LogP contribution >= 0.6 is 0 Å². The van der Waals surface area contributed by atoms with Crippen molar-refractivity contribution in [2.75, 3.05) is 33.4 Å². The van der Waals surface area contributed by atoms with Crippen LogP contribution in [0.4, 0.5) is 0 Å². The molecule has 1 aliphatic heterocycles. The number of methoxy groups -OCH3 is 1. The SMILES string of the molecule is COC(=O)[C@]1(C)CC[C@]2(C)CC[C@@]3(C)[C@@](C)(CC=C4c5cc6nc(-c7ccc(C(=O)N8CCOCC8)cc7)oc6c(C)c5C=C[C@]43C)[C@H]2C1. The van der Waals surface area contributed by atoms with Gasteiger partial charge in [-0.05, 0) is 122 Å². The molecule has 5 aliphatic rings. The van der Waals surface area contributed by atoms with Gasteiger partial charge in [0.15, 0.2) is 5.58 Å². The normalized spacial score (nSPS) is 35.1. The van der Waals surface area contributed by atoms with E-state index in [2.05, 4.69) is 65.8 Å². The smallest absolute Gasteiger partial charge is 0.311 e. The largest absolute Gasteiger partial charge is 0.469 e. The fourth-order valence-corrected chi connectivity index (χ4v) is 10.9. The van der Waals surface area contributed by atoms with E-state index in [4.69, 9.17) is 18.9 Å². The Morgan fingerprint density at radius 2 is 1.69 bits per heavy atom. The van der Waals surface area contributed by atoms with E-state index in [1.165, 1.54) is 30.2 Å². The minimum absolute atomic E-state index is 0.00489. The zero-order valence-corrected chi connectivity index (χ0v) is 30.2. The Balaban J connectivity index is 1.15. The van der Waals surface area contributed by atoms with Gasteiger partial charge in [-0.15, -0.1) is 0 Å². The monoisotopic (exact) mass is 662 g/mol. The van der Waals surface area contributed by atoms with Gasteiger partial charge in [-0.2, -0.15) is 0 Å². The molecule has 4 aliphatic carbocycles. The number of fused-ring (bicyclic) bond motifs is 8. The Labute approximate surface area is 290 Å². The summed E-state index contributed by atoms with van der Waals surface area (Å²) in [5, 5.41) is 0. The number of oxazole rings is 1. The van der Waals surface area contributed by atoms with E-state index in [9.17, 15) is 9.59 Å². The van der Waals surface area contributed by atoms with Crippen LogP contribution in [0, 0.1) is 39.9 Å². The van der Waals surface area contributed by atoms with Crippen molar-refractivity contribution in [3.63, 3.8) is 0 Å². The first-order chi connectivity index (χ1) is 23.3. The number of rotatable bonds is 3. The zero-order chi connectivity index (χ0) is 34.6. The highest BCUT2D eigenvalue weighted by Gasteiger charge is 2.68. The molecule has 2 aromatic carbocycles. The van der Waals surface area contributed by atoms with Gasteiger partial charge in [-0.1, -0.05) is 45.9 Å². The number of nitrogens with zero attached hydrogens (tertiary/aromatic N) is 2. The number of morpholine rings is 1. The summed E-state index contributed by atoms with van der Waals surface area (Å²) in [5.74, 6) is 0.949. The zero-order valence-electron chi connectivity index (χ0n) is 30.2. The maximum absolute atomic E-state index is 13.1. The average Bonchev–Trinajstić information content (AvgIpc) is 3.55. The van der Waals surface area contributed by atoms with Crippen LogP contribution in [0.2, 0.25) is 0 Å². The molecule has 1 saturated heterocycles. The summed E-state index contributed by atoms with van der Waals surface area (Å²) in [7, 11) is 1.54.